The van der Waals surface area contributed by atoms with Crippen LogP contribution in [-0.2, 0) is 16.1 Å². The van der Waals surface area contributed by atoms with Gasteiger partial charge in [-0.25, -0.2) is 9.59 Å². The van der Waals surface area contributed by atoms with Gasteiger partial charge in [-0.05, 0) is 38.5 Å². The van der Waals surface area contributed by atoms with Gasteiger partial charge in [-0.15, -0.1) is 10.2 Å². The number of H-pyrrole nitrogens is 1. The lowest BCUT2D eigenvalue weighted by Crippen LogP contribution is -2.09. The van der Waals surface area contributed by atoms with Crippen LogP contribution >= 0.6 is 0 Å². The van der Waals surface area contributed by atoms with Crippen LogP contribution in [0.4, 0.5) is 5.69 Å². The van der Waals surface area contributed by atoms with Gasteiger partial charge in [-0.3, -0.25) is 10.1 Å². The summed E-state index contributed by atoms with van der Waals surface area (Å²) < 4.78 is 15.6. The van der Waals surface area contributed by atoms with Crippen molar-refractivity contribution in [3.8, 4) is 11.5 Å². The van der Waals surface area contributed by atoms with E-state index in [1.165, 1.54) is 24.3 Å². The Morgan fingerprint density at radius 1 is 1.13 bits per heavy atom. The minimum Gasteiger partial charge on any atom is -0.462 e. The van der Waals surface area contributed by atoms with E-state index in [0.29, 0.717) is 22.4 Å². The van der Waals surface area contributed by atoms with Gasteiger partial charge in [0.25, 0.3) is 11.6 Å². The summed E-state index contributed by atoms with van der Waals surface area (Å²) in [6, 6.07) is 5.58. The Labute approximate surface area is 170 Å². The average Bonchev–Trinajstić information content (AvgIpc) is 3.30. The van der Waals surface area contributed by atoms with Gasteiger partial charge >= 0.3 is 11.9 Å². The molecule has 156 valence electrons. The molecule has 0 amide bonds. The number of esters is 2. The number of nitro benzene ring substituents is 1. The zero-order chi connectivity index (χ0) is 21.8. The molecule has 0 aliphatic heterocycles. The van der Waals surface area contributed by atoms with E-state index in [4.69, 9.17) is 13.9 Å². The Kier molecular flexibility index (Phi) is 5.90. The van der Waals surface area contributed by atoms with Crippen molar-refractivity contribution >= 4 is 17.6 Å². The molecule has 1 aromatic carbocycles. The molecule has 0 atom stereocenters. The lowest BCUT2D eigenvalue weighted by molar-refractivity contribution is -0.384. The second-order valence-electron chi connectivity index (χ2n) is 6.23. The summed E-state index contributed by atoms with van der Waals surface area (Å²) in [6.45, 7) is 4.90. The lowest BCUT2D eigenvalue weighted by Gasteiger charge is -2.03. The van der Waals surface area contributed by atoms with E-state index in [1.54, 1.807) is 20.8 Å². The largest absolute Gasteiger partial charge is 0.462 e. The molecule has 1 N–H and O–H groups in total. The third-order valence-electron chi connectivity index (χ3n) is 4.24. The molecule has 2 heterocycles. The first-order valence-electron chi connectivity index (χ1n) is 8.92. The molecule has 0 saturated carbocycles. The molecule has 3 rings (SSSR count). The quantitative estimate of drug-likeness (QED) is 0.349. The van der Waals surface area contributed by atoms with Crippen LogP contribution in [0.15, 0.2) is 28.7 Å². The van der Waals surface area contributed by atoms with Crippen molar-refractivity contribution < 1.29 is 28.4 Å². The van der Waals surface area contributed by atoms with Gasteiger partial charge in [0.1, 0.15) is 5.69 Å². The summed E-state index contributed by atoms with van der Waals surface area (Å²) in [4.78, 5) is 37.5. The summed E-state index contributed by atoms with van der Waals surface area (Å²) in [5.41, 5.74) is 1.77. The number of aromatic amines is 1. The second kappa shape index (κ2) is 8.55. The summed E-state index contributed by atoms with van der Waals surface area (Å²) in [6.07, 6.45) is 0. The first-order chi connectivity index (χ1) is 14.3. The van der Waals surface area contributed by atoms with Crippen molar-refractivity contribution in [2.24, 2.45) is 0 Å². The number of hydrogen-bond donors (Lipinski definition) is 1. The fourth-order valence-electron chi connectivity index (χ4n) is 2.82. The number of carbonyl (C=O) groups is 2. The van der Waals surface area contributed by atoms with E-state index in [2.05, 4.69) is 15.2 Å². The summed E-state index contributed by atoms with van der Waals surface area (Å²) >= 11 is 0. The van der Waals surface area contributed by atoms with Crippen molar-refractivity contribution in [3.05, 3.63) is 62.8 Å². The Bertz CT molecular complexity index is 1100. The number of carbonyl (C=O) groups excluding carboxylic acids is 2. The Hall–Kier alpha value is -4.02. The van der Waals surface area contributed by atoms with Crippen LogP contribution in [0, 0.1) is 24.0 Å². The first-order valence-corrected chi connectivity index (χ1v) is 8.92. The maximum atomic E-state index is 12.4. The summed E-state index contributed by atoms with van der Waals surface area (Å²) in [5, 5.41) is 18.4. The molecule has 0 spiro atoms. The van der Waals surface area contributed by atoms with Gasteiger partial charge < -0.3 is 18.9 Å². The zero-order valence-corrected chi connectivity index (χ0v) is 16.4. The third kappa shape index (κ3) is 4.19. The van der Waals surface area contributed by atoms with Crippen molar-refractivity contribution in [3.63, 3.8) is 0 Å². The number of hydrogen-bond acceptors (Lipinski definition) is 9. The molecule has 11 nitrogen and oxygen atoms in total. The smallest absolute Gasteiger partial charge is 0.355 e. The predicted octanol–water partition coefficient (Wildman–Crippen LogP) is 3.12. The molecule has 3 aromatic rings. The minimum atomic E-state index is -0.693. The number of ether oxygens (including phenoxy) is 2. The van der Waals surface area contributed by atoms with E-state index in [-0.39, 0.29) is 36.4 Å². The fourth-order valence-corrected chi connectivity index (χ4v) is 2.82. The van der Waals surface area contributed by atoms with E-state index in [9.17, 15) is 19.7 Å². The van der Waals surface area contributed by atoms with Crippen LogP contribution in [-0.4, -0.2) is 38.7 Å². The topological polar surface area (TPSA) is 150 Å². The Morgan fingerprint density at radius 2 is 1.83 bits per heavy atom. The maximum absolute atomic E-state index is 12.4. The number of aromatic nitrogens is 3. The van der Waals surface area contributed by atoms with Crippen molar-refractivity contribution in [2.45, 2.75) is 27.4 Å². The number of aryl methyl sites for hydroxylation is 1. The molecule has 0 aliphatic carbocycles. The Morgan fingerprint density at radius 3 is 2.47 bits per heavy atom. The van der Waals surface area contributed by atoms with Gasteiger partial charge in [0.05, 0.1) is 17.1 Å². The van der Waals surface area contributed by atoms with E-state index < -0.39 is 16.9 Å². The van der Waals surface area contributed by atoms with Crippen LogP contribution in [0.2, 0.25) is 0 Å². The van der Waals surface area contributed by atoms with Crippen molar-refractivity contribution in [1.82, 2.24) is 15.2 Å². The maximum Gasteiger partial charge on any atom is 0.355 e. The highest BCUT2D eigenvalue weighted by atomic mass is 16.6. The SMILES string of the molecule is CCOC(=O)c1c(C)[nH]c(C(=O)OCc2nnc(-c3ccc([N+](=O)[O-])cc3)o2)c1C. The minimum absolute atomic E-state index is 0.0447. The fraction of sp³-hybridized carbons (Fsp3) is 0.263. The predicted molar refractivity (Wildman–Crippen MR) is 102 cm³/mol. The highest BCUT2D eigenvalue weighted by molar-refractivity contribution is 5.98. The normalized spacial score (nSPS) is 10.6. The molecule has 0 saturated heterocycles. The molecule has 30 heavy (non-hydrogen) atoms. The molecular weight excluding hydrogens is 396 g/mol. The molecule has 0 bridgehead atoms. The van der Waals surface area contributed by atoms with Gasteiger partial charge in [-0.2, -0.15) is 0 Å². The van der Waals surface area contributed by atoms with E-state index in [0.717, 1.165) is 0 Å². The van der Waals surface area contributed by atoms with Gasteiger partial charge in [0.2, 0.25) is 5.89 Å². The molecule has 11 heteroatoms. The number of non-ortho nitro benzene ring substituents is 1. The average molecular weight is 414 g/mol. The summed E-state index contributed by atoms with van der Waals surface area (Å²) in [7, 11) is 0. The number of nitrogens with one attached hydrogen (secondary N) is 1. The number of rotatable bonds is 7. The second-order valence-corrected chi connectivity index (χ2v) is 6.23. The van der Waals surface area contributed by atoms with Crippen LogP contribution in [0.3, 0.4) is 0 Å². The highest BCUT2D eigenvalue weighted by Crippen LogP contribution is 2.23. The summed E-state index contributed by atoms with van der Waals surface area (Å²) in [5.74, 6) is -1.04. The molecular formula is C19H18N4O7. The lowest BCUT2D eigenvalue weighted by atomic mass is 10.1. The Balaban J connectivity index is 1.68. The first kappa shape index (κ1) is 20.7. The zero-order valence-electron chi connectivity index (χ0n) is 16.4. The van der Waals surface area contributed by atoms with Crippen LogP contribution < -0.4 is 0 Å². The van der Waals surface area contributed by atoms with E-state index in [1.807, 2.05) is 0 Å². The molecule has 0 radical (unpaired) electrons. The van der Waals surface area contributed by atoms with Crippen LogP contribution in [0.25, 0.3) is 11.5 Å². The highest BCUT2D eigenvalue weighted by Gasteiger charge is 2.24. The van der Waals surface area contributed by atoms with Crippen molar-refractivity contribution in [2.75, 3.05) is 6.61 Å². The number of benzene rings is 1. The molecule has 0 fully saturated rings. The molecule has 2 aromatic heterocycles. The number of nitro groups is 1. The molecule has 0 unspecified atom stereocenters. The number of nitrogens with zero attached hydrogens (tertiary/aromatic N) is 3. The molecule has 0 aliphatic rings. The van der Waals surface area contributed by atoms with E-state index >= 15 is 0 Å². The van der Waals surface area contributed by atoms with Gasteiger partial charge in [0, 0.05) is 23.4 Å². The van der Waals surface area contributed by atoms with Gasteiger partial charge in [0.15, 0.2) is 6.61 Å². The van der Waals surface area contributed by atoms with Crippen LogP contribution in [0.5, 0.6) is 0 Å². The van der Waals surface area contributed by atoms with Crippen molar-refractivity contribution in [1.29, 1.82) is 0 Å². The van der Waals surface area contributed by atoms with Gasteiger partial charge in [-0.1, -0.05) is 0 Å². The monoisotopic (exact) mass is 414 g/mol. The third-order valence-corrected chi connectivity index (χ3v) is 4.24. The van der Waals surface area contributed by atoms with Crippen LogP contribution in [0.1, 0.15) is 44.9 Å². The standard InChI is InChI=1S/C19H18N4O7/c1-4-28-18(24)15-10(2)16(20-11(15)3)19(25)29-9-14-21-22-17(30-14)12-5-7-13(8-6-12)23(26)27/h5-8,20H,4,9H2,1-3H3.